The van der Waals surface area contributed by atoms with Crippen LogP contribution in [0, 0.1) is 5.82 Å². The summed E-state index contributed by atoms with van der Waals surface area (Å²) < 4.78 is 13.3. The molecule has 0 spiro atoms. The summed E-state index contributed by atoms with van der Waals surface area (Å²) in [4.78, 5) is 12.4. The quantitative estimate of drug-likeness (QED) is 0.746. The van der Waals surface area contributed by atoms with Crippen molar-refractivity contribution in [3.63, 3.8) is 0 Å². The summed E-state index contributed by atoms with van der Waals surface area (Å²) in [5.74, 6) is -0.858. The monoisotopic (exact) mass is 255 g/mol. The number of likely N-dealkylation sites (N-methyl/N-ethyl adjacent to an activating group) is 1. The van der Waals surface area contributed by atoms with Crippen molar-refractivity contribution >= 4 is 23.1 Å². The van der Waals surface area contributed by atoms with E-state index in [-0.39, 0.29) is 17.1 Å². The predicted molar refractivity (Wildman–Crippen MR) is 67.8 cm³/mol. The van der Waals surface area contributed by atoms with E-state index in [9.17, 15) is 9.18 Å². The van der Waals surface area contributed by atoms with Crippen molar-refractivity contribution < 1.29 is 9.18 Å². The molecular weight excluding hydrogens is 241 g/mol. The molecule has 0 saturated heterocycles. The Kier molecular flexibility index (Phi) is 4.53. The van der Waals surface area contributed by atoms with Crippen LogP contribution in [-0.4, -0.2) is 29.4 Å². The summed E-state index contributed by atoms with van der Waals surface area (Å²) in [6.45, 7) is 0.610. The minimum atomic E-state index is -0.446. The van der Waals surface area contributed by atoms with E-state index in [0.717, 1.165) is 5.56 Å². The van der Waals surface area contributed by atoms with Crippen LogP contribution in [0.4, 0.5) is 4.39 Å². The number of hydrogen-bond acceptors (Lipinski definition) is 3. The molecular formula is C11H14FN3OS. The van der Waals surface area contributed by atoms with Gasteiger partial charge in [-0.3, -0.25) is 9.69 Å². The molecule has 1 amide bonds. The van der Waals surface area contributed by atoms with Gasteiger partial charge in [0.2, 0.25) is 5.91 Å². The topological polar surface area (TPSA) is 72.3 Å². The number of nitrogens with zero attached hydrogens (tertiary/aromatic N) is 1. The Labute approximate surface area is 104 Å². The number of nitrogens with two attached hydrogens (primary N) is 2. The van der Waals surface area contributed by atoms with Crippen LogP contribution in [0.5, 0.6) is 0 Å². The van der Waals surface area contributed by atoms with Crippen LogP contribution in [0.1, 0.15) is 11.1 Å². The molecule has 1 aromatic carbocycles. The zero-order chi connectivity index (χ0) is 13.0. The van der Waals surface area contributed by atoms with Crippen LogP contribution in [0.15, 0.2) is 18.2 Å². The molecule has 0 bridgehead atoms. The number of carbonyl (C=O) groups is 1. The summed E-state index contributed by atoms with van der Waals surface area (Å²) in [5.41, 5.74) is 11.5. The van der Waals surface area contributed by atoms with Gasteiger partial charge in [-0.1, -0.05) is 18.3 Å². The average Bonchev–Trinajstić information content (AvgIpc) is 2.19. The van der Waals surface area contributed by atoms with Gasteiger partial charge in [0.15, 0.2) is 0 Å². The van der Waals surface area contributed by atoms with Gasteiger partial charge in [0.25, 0.3) is 0 Å². The number of benzene rings is 1. The van der Waals surface area contributed by atoms with Gasteiger partial charge in [0.05, 0.1) is 6.54 Å². The highest BCUT2D eigenvalue weighted by atomic mass is 32.1. The first-order chi connectivity index (χ1) is 7.90. The van der Waals surface area contributed by atoms with Crippen molar-refractivity contribution in [2.45, 2.75) is 6.54 Å². The Balaban J connectivity index is 2.82. The van der Waals surface area contributed by atoms with Crippen LogP contribution in [-0.2, 0) is 11.3 Å². The summed E-state index contributed by atoms with van der Waals surface area (Å²) in [6, 6.07) is 4.51. The Morgan fingerprint density at radius 2 is 2.12 bits per heavy atom. The van der Waals surface area contributed by atoms with Gasteiger partial charge in [0, 0.05) is 12.1 Å². The zero-order valence-electron chi connectivity index (χ0n) is 9.44. The smallest absolute Gasteiger partial charge is 0.231 e. The standard InChI is InChI=1S/C11H14FN3OS/c1-15(6-10(13)16)5-7-2-3-9(12)8(4-7)11(14)17/h2-4H,5-6H2,1H3,(H2,13,16)(H2,14,17). The zero-order valence-corrected chi connectivity index (χ0v) is 10.3. The third-order valence-corrected chi connectivity index (χ3v) is 2.39. The van der Waals surface area contributed by atoms with Gasteiger partial charge in [-0.05, 0) is 24.7 Å². The third kappa shape index (κ3) is 4.08. The molecule has 0 fully saturated rings. The molecule has 1 aromatic rings. The number of thiocarbonyl (C=S) groups is 1. The molecule has 0 aliphatic heterocycles. The highest BCUT2D eigenvalue weighted by Gasteiger charge is 2.08. The Bertz CT molecular complexity index is 450. The number of carbonyl (C=O) groups excluding carboxylic acids is 1. The molecule has 0 unspecified atom stereocenters. The molecule has 92 valence electrons. The Morgan fingerprint density at radius 1 is 1.47 bits per heavy atom. The summed E-state index contributed by atoms with van der Waals surface area (Å²) in [6.07, 6.45) is 0. The molecule has 0 aliphatic rings. The molecule has 1 rings (SSSR count). The molecule has 0 saturated carbocycles. The molecule has 6 heteroatoms. The maximum atomic E-state index is 13.3. The minimum absolute atomic E-state index is 0.0157. The van der Waals surface area contributed by atoms with E-state index in [4.69, 9.17) is 23.7 Å². The first kappa shape index (κ1) is 13.5. The summed E-state index contributed by atoms with van der Waals surface area (Å²) in [5, 5.41) is 0. The summed E-state index contributed by atoms with van der Waals surface area (Å²) >= 11 is 4.74. The van der Waals surface area contributed by atoms with Gasteiger partial charge in [-0.25, -0.2) is 4.39 Å². The first-order valence-electron chi connectivity index (χ1n) is 4.95. The first-order valence-corrected chi connectivity index (χ1v) is 5.36. The lowest BCUT2D eigenvalue weighted by Gasteiger charge is -2.15. The SMILES string of the molecule is CN(CC(N)=O)Cc1ccc(F)c(C(N)=S)c1. The van der Waals surface area contributed by atoms with E-state index < -0.39 is 11.7 Å². The second-order valence-corrected chi connectivity index (χ2v) is 4.26. The molecule has 0 atom stereocenters. The maximum absolute atomic E-state index is 13.3. The summed E-state index contributed by atoms with van der Waals surface area (Å²) in [7, 11) is 1.74. The van der Waals surface area contributed by atoms with Gasteiger partial charge in [-0.15, -0.1) is 0 Å². The van der Waals surface area contributed by atoms with Crippen molar-refractivity contribution in [2.24, 2.45) is 11.5 Å². The highest BCUT2D eigenvalue weighted by Crippen LogP contribution is 2.12. The molecule has 0 aliphatic carbocycles. The maximum Gasteiger partial charge on any atom is 0.231 e. The number of rotatable bonds is 5. The normalized spacial score (nSPS) is 10.5. The van der Waals surface area contributed by atoms with Crippen molar-refractivity contribution in [1.29, 1.82) is 0 Å². The fourth-order valence-electron chi connectivity index (χ4n) is 1.49. The van der Waals surface area contributed by atoms with E-state index in [1.807, 2.05) is 0 Å². The Hall–Kier alpha value is -1.53. The van der Waals surface area contributed by atoms with E-state index in [1.165, 1.54) is 6.07 Å². The number of halogens is 1. The van der Waals surface area contributed by atoms with Gasteiger partial charge in [0.1, 0.15) is 10.8 Å². The molecule has 4 N–H and O–H groups in total. The minimum Gasteiger partial charge on any atom is -0.389 e. The van der Waals surface area contributed by atoms with Crippen molar-refractivity contribution in [3.8, 4) is 0 Å². The largest absolute Gasteiger partial charge is 0.389 e. The van der Waals surface area contributed by atoms with Crippen LogP contribution >= 0.6 is 12.2 Å². The van der Waals surface area contributed by atoms with E-state index in [0.29, 0.717) is 6.54 Å². The van der Waals surface area contributed by atoms with Gasteiger partial charge >= 0.3 is 0 Å². The molecule has 0 aromatic heterocycles. The fourth-order valence-corrected chi connectivity index (χ4v) is 1.65. The lowest BCUT2D eigenvalue weighted by Crippen LogP contribution is -2.30. The number of hydrogen-bond donors (Lipinski definition) is 2. The van der Waals surface area contributed by atoms with Gasteiger partial charge < -0.3 is 11.5 Å². The lowest BCUT2D eigenvalue weighted by molar-refractivity contribution is -0.118. The third-order valence-electron chi connectivity index (χ3n) is 2.17. The van der Waals surface area contributed by atoms with Crippen LogP contribution < -0.4 is 11.5 Å². The van der Waals surface area contributed by atoms with Crippen LogP contribution in [0.3, 0.4) is 0 Å². The van der Waals surface area contributed by atoms with E-state index in [2.05, 4.69) is 0 Å². The van der Waals surface area contributed by atoms with Crippen molar-refractivity contribution in [3.05, 3.63) is 35.1 Å². The van der Waals surface area contributed by atoms with Crippen LogP contribution in [0.2, 0.25) is 0 Å². The van der Waals surface area contributed by atoms with E-state index in [1.54, 1.807) is 24.1 Å². The van der Waals surface area contributed by atoms with E-state index >= 15 is 0 Å². The predicted octanol–water partition coefficient (Wildman–Crippen LogP) is 0.377. The van der Waals surface area contributed by atoms with Crippen molar-refractivity contribution in [1.82, 2.24) is 4.90 Å². The van der Waals surface area contributed by atoms with Gasteiger partial charge in [-0.2, -0.15) is 0 Å². The second-order valence-electron chi connectivity index (χ2n) is 3.82. The molecule has 0 radical (unpaired) electrons. The number of amides is 1. The second kappa shape index (κ2) is 5.70. The van der Waals surface area contributed by atoms with Crippen LogP contribution in [0.25, 0.3) is 0 Å². The Morgan fingerprint density at radius 3 is 2.65 bits per heavy atom. The lowest BCUT2D eigenvalue weighted by atomic mass is 10.1. The average molecular weight is 255 g/mol. The van der Waals surface area contributed by atoms with Crippen molar-refractivity contribution in [2.75, 3.05) is 13.6 Å². The molecule has 17 heavy (non-hydrogen) atoms. The molecule has 0 heterocycles. The highest BCUT2D eigenvalue weighted by molar-refractivity contribution is 7.80. The number of primary amides is 1. The fraction of sp³-hybridized carbons (Fsp3) is 0.273. The molecule has 4 nitrogen and oxygen atoms in total.